The smallest absolute Gasteiger partial charge is 0.0380 e. The summed E-state index contributed by atoms with van der Waals surface area (Å²) in [6, 6.07) is 0. The molecule has 17 heavy (non-hydrogen) atoms. The van der Waals surface area contributed by atoms with E-state index in [9.17, 15) is 0 Å². The number of hydrogen-bond acceptors (Lipinski definition) is 0. The molecule has 0 bridgehead atoms. The first kappa shape index (κ1) is 17.0. The molecule has 0 aromatic carbocycles. The Labute approximate surface area is 111 Å². The molecule has 2 atom stereocenters. The van der Waals surface area contributed by atoms with Gasteiger partial charge >= 0.3 is 0 Å². The van der Waals surface area contributed by atoms with Crippen molar-refractivity contribution in [1.29, 1.82) is 0 Å². The Balaban J connectivity index is 3.70. The largest absolute Gasteiger partial charge is 0.0625 e. The Morgan fingerprint density at radius 1 is 0.647 bits per heavy atom. The zero-order valence-electron chi connectivity index (χ0n) is 13.7. The molecule has 0 aromatic rings. The van der Waals surface area contributed by atoms with E-state index in [1.54, 1.807) is 0 Å². The summed E-state index contributed by atoms with van der Waals surface area (Å²) in [4.78, 5) is 0. The topological polar surface area (TPSA) is 0 Å². The van der Waals surface area contributed by atoms with Gasteiger partial charge in [-0.25, -0.2) is 0 Å². The first-order valence-electron chi connectivity index (χ1n) is 7.49. The normalized spacial score (nSPS) is 16.9. The Bertz CT molecular complexity index is 167. The van der Waals surface area contributed by atoms with Crippen molar-refractivity contribution in [3.05, 3.63) is 0 Å². The average Bonchev–Trinajstić information content (AvgIpc) is 1.95. The summed E-state index contributed by atoms with van der Waals surface area (Å²) in [6.07, 6.45) is 6.95. The molecule has 0 fully saturated rings. The van der Waals surface area contributed by atoms with Crippen LogP contribution in [0.1, 0.15) is 87.5 Å². The van der Waals surface area contributed by atoms with E-state index in [-0.39, 0.29) is 0 Å². The van der Waals surface area contributed by atoms with Crippen LogP contribution in [0.3, 0.4) is 0 Å². The zero-order valence-corrected chi connectivity index (χ0v) is 13.7. The highest BCUT2D eigenvalue weighted by atomic mass is 14.2. The molecule has 0 aromatic heterocycles. The SMILES string of the molecule is CC(CCCC(C)CC(C)(C)C)CC(C)(C)C. The van der Waals surface area contributed by atoms with E-state index in [0.29, 0.717) is 10.8 Å². The lowest BCUT2D eigenvalue weighted by atomic mass is 9.81. The minimum absolute atomic E-state index is 0.496. The number of hydrogen-bond donors (Lipinski definition) is 0. The molecule has 0 nitrogen and oxygen atoms in total. The molecule has 0 aliphatic heterocycles. The highest BCUT2D eigenvalue weighted by molar-refractivity contribution is 4.69. The molecule has 0 saturated heterocycles. The molecule has 0 aliphatic rings. The van der Waals surface area contributed by atoms with Gasteiger partial charge in [-0.2, -0.15) is 0 Å². The first-order chi connectivity index (χ1) is 7.49. The van der Waals surface area contributed by atoms with E-state index in [1.807, 2.05) is 0 Å². The van der Waals surface area contributed by atoms with Crippen molar-refractivity contribution in [2.24, 2.45) is 22.7 Å². The fourth-order valence-electron chi connectivity index (χ4n) is 3.11. The van der Waals surface area contributed by atoms with Gasteiger partial charge in [0.25, 0.3) is 0 Å². The third kappa shape index (κ3) is 12.2. The first-order valence-corrected chi connectivity index (χ1v) is 7.49. The highest BCUT2D eigenvalue weighted by Gasteiger charge is 2.17. The van der Waals surface area contributed by atoms with E-state index in [2.05, 4.69) is 55.4 Å². The van der Waals surface area contributed by atoms with E-state index in [0.717, 1.165) is 11.8 Å². The minimum Gasteiger partial charge on any atom is -0.0625 e. The predicted molar refractivity (Wildman–Crippen MR) is 80.3 cm³/mol. The van der Waals surface area contributed by atoms with Crippen molar-refractivity contribution in [3.8, 4) is 0 Å². The van der Waals surface area contributed by atoms with Gasteiger partial charge in [-0.3, -0.25) is 0 Å². The summed E-state index contributed by atoms with van der Waals surface area (Å²) < 4.78 is 0. The van der Waals surface area contributed by atoms with Crippen molar-refractivity contribution in [2.75, 3.05) is 0 Å². The average molecular weight is 240 g/mol. The molecular formula is C17H36. The van der Waals surface area contributed by atoms with Crippen molar-refractivity contribution >= 4 is 0 Å². The Morgan fingerprint density at radius 2 is 0.941 bits per heavy atom. The lowest BCUT2D eigenvalue weighted by Crippen LogP contribution is -2.13. The van der Waals surface area contributed by atoms with Gasteiger partial charge in [0.15, 0.2) is 0 Å². The van der Waals surface area contributed by atoms with Gasteiger partial charge in [-0.1, -0.05) is 74.7 Å². The molecule has 2 unspecified atom stereocenters. The van der Waals surface area contributed by atoms with Gasteiger partial charge in [-0.15, -0.1) is 0 Å². The maximum Gasteiger partial charge on any atom is -0.0380 e. The van der Waals surface area contributed by atoms with Crippen LogP contribution in [0.25, 0.3) is 0 Å². The van der Waals surface area contributed by atoms with Crippen LogP contribution in [0.2, 0.25) is 0 Å². The Kier molecular flexibility index (Phi) is 6.81. The Hall–Kier alpha value is 0. The van der Waals surface area contributed by atoms with E-state index >= 15 is 0 Å². The van der Waals surface area contributed by atoms with Gasteiger partial charge in [0.2, 0.25) is 0 Å². The second kappa shape index (κ2) is 6.81. The molecule has 0 spiro atoms. The van der Waals surface area contributed by atoms with Crippen LogP contribution in [0.5, 0.6) is 0 Å². The van der Waals surface area contributed by atoms with Crippen molar-refractivity contribution in [3.63, 3.8) is 0 Å². The zero-order chi connectivity index (χ0) is 13.7. The van der Waals surface area contributed by atoms with Gasteiger partial charge in [0.1, 0.15) is 0 Å². The quantitative estimate of drug-likeness (QED) is 0.511. The lowest BCUT2D eigenvalue weighted by molar-refractivity contribution is 0.268. The van der Waals surface area contributed by atoms with E-state index in [4.69, 9.17) is 0 Å². The highest BCUT2D eigenvalue weighted by Crippen LogP contribution is 2.30. The molecule has 0 amide bonds. The molecule has 0 saturated carbocycles. The molecule has 0 aliphatic carbocycles. The second-order valence-corrected chi connectivity index (χ2v) is 8.67. The van der Waals surface area contributed by atoms with Gasteiger partial charge in [0, 0.05) is 0 Å². The molecule has 0 heterocycles. The monoisotopic (exact) mass is 240 g/mol. The Morgan fingerprint density at radius 3 is 1.18 bits per heavy atom. The molecule has 0 radical (unpaired) electrons. The summed E-state index contributed by atoms with van der Waals surface area (Å²) in [7, 11) is 0. The predicted octanol–water partition coefficient (Wildman–Crippen LogP) is 6.30. The van der Waals surface area contributed by atoms with Crippen LogP contribution < -0.4 is 0 Å². The lowest BCUT2D eigenvalue weighted by Gasteiger charge is -2.25. The summed E-state index contributed by atoms with van der Waals surface area (Å²) in [5.74, 6) is 1.77. The fraction of sp³-hybridized carbons (Fsp3) is 1.00. The third-order valence-corrected chi connectivity index (χ3v) is 3.32. The summed E-state index contributed by atoms with van der Waals surface area (Å²) in [6.45, 7) is 19.0. The van der Waals surface area contributed by atoms with Crippen molar-refractivity contribution < 1.29 is 0 Å². The maximum atomic E-state index is 2.42. The van der Waals surface area contributed by atoms with Crippen LogP contribution >= 0.6 is 0 Å². The molecule has 0 rings (SSSR count). The van der Waals surface area contributed by atoms with Crippen LogP contribution in [0.4, 0.5) is 0 Å². The standard InChI is InChI=1S/C17H36/c1-14(12-16(3,4)5)10-9-11-15(2)13-17(6,7)8/h14-15H,9-13H2,1-8H3. The van der Waals surface area contributed by atoms with Crippen molar-refractivity contribution in [2.45, 2.75) is 87.5 Å². The van der Waals surface area contributed by atoms with Gasteiger partial charge in [-0.05, 0) is 35.5 Å². The van der Waals surface area contributed by atoms with Gasteiger partial charge in [0.05, 0.1) is 0 Å². The van der Waals surface area contributed by atoms with Crippen LogP contribution in [-0.2, 0) is 0 Å². The maximum absolute atomic E-state index is 2.42. The molecule has 104 valence electrons. The van der Waals surface area contributed by atoms with Crippen LogP contribution in [-0.4, -0.2) is 0 Å². The van der Waals surface area contributed by atoms with Crippen LogP contribution in [0.15, 0.2) is 0 Å². The summed E-state index contributed by atoms with van der Waals surface area (Å²) in [5, 5.41) is 0. The number of rotatable bonds is 6. The molecule has 0 heteroatoms. The van der Waals surface area contributed by atoms with E-state index < -0.39 is 0 Å². The van der Waals surface area contributed by atoms with Crippen LogP contribution in [0, 0.1) is 22.7 Å². The molecular weight excluding hydrogens is 204 g/mol. The van der Waals surface area contributed by atoms with Crippen molar-refractivity contribution in [1.82, 2.24) is 0 Å². The van der Waals surface area contributed by atoms with E-state index in [1.165, 1.54) is 32.1 Å². The minimum atomic E-state index is 0.496. The van der Waals surface area contributed by atoms with Gasteiger partial charge < -0.3 is 0 Å². The molecule has 0 N–H and O–H groups in total. The summed E-state index contributed by atoms with van der Waals surface area (Å²) >= 11 is 0. The summed E-state index contributed by atoms with van der Waals surface area (Å²) in [5.41, 5.74) is 0.993. The fourth-order valence-corrected chi connectivity index (χ4v) is 3.11. The second-order valence-electron chi connectivity index (χ2n) is 8.67. The third-order valence-electron chi connectivity index (χ3n) is 3.32.